The van der Waals surface area contributed by atoms with E-state index in [-0.39, 0.29) is 5.56 Å². The van der Waals surface area contributed by atoms with Crippen LogP contribution in [-0.2, 0) is 4.74 Å². The van der Waals surface area contributed by atoms with Gasteiger partial charge in [-0.05, 0) is 12.1 Å². The van der Waals surface area contributed by atoms with E-state index in [2.05, 4.69) is 4.74 Å². The summed E-state index contributed by atoms with van der Waals surface area (Å²) in [5.41, 5.74) is 4.56. The number of rotatable bonds is 1. The fourth-order valence-electron chi connectivity index (χ4n) is 0.846. The zero-order valence-electron chi connectivity index (χ0n) is 6.80. The van der Waals surface area contributed by atoms with Gasteiger partial charge >= 0.3 is 5.97 Å². The van der Waals surface area contributed by atoms with E-state index in [1.165, 1.54) is 0 Å². The summed E-state index contributed by atoms with van der Waals surface area (Å²) < 4.78 is 29.6. The second kappa shape index (κ2) is 3.38. The lowest BCUT2D eigenvalue weighted by Gasteiger charge is -2.02. The van der Waals surface area contributed by atoms with E-state index < -0.39 is 23.3 Å². The Morgan fingerprint density at radius 2 is 2.08 bits per heavy atom. The average Bonchev–Trinajstić information content (AvgIpc) is 2.12. The van der Waals surface area contributed by atoms with E-state index in [0.29, 0.717) is 0 Å². The molecule has 0 spiro atoms. The van der Waals surface area contributed by atoms with Gasteiger partial charge in [0.1, 0.15) is 0 Å². The molecule has 0 radical (unpaired) electrons. The molecule has 1 aromatic carbocycles. The Hall–Kier alpha value is -1.65. The fraction of sp³-hybridized carbons (Fsp3) is 0.125. The van der Waals surface area contributed by atoms with Gasteiger partial charge in [0.25, 0.3) is 0 Å². The third-order valence-corrected chi connectivity index (χ3v) is 1.48. The van der Waals surface area contributed by atoms with Crippen LogP contribution in [0.5, 0.6) is 0 Å². The summed E-state index contributed by atoms with van der Waals surface area (Å²) in [4.78, 5) is 10.9. The molecule has 3 nitrogen and oxygen atoms in total. The van der Waals surface area contributed by atoms with Crippen molar-refractivity contribution in [3.8, 4) is 0 Å². The Labute approximate surface area is 73.1 Å². The molecule has 0 saturated heterocycles. The first-order chi connectivity index (χ1) is 6.06. The van der Waals surface area contributed by atoms with Crippen molar-refractivity contribution in [2.75, 3.05) is 12.8 Å². The van der Waals surface area contributed by atoms with Crippen LogP contribution in [0.4, 0.5) is 14.5 Å². The average molecular weight is 187 g/mol. The number of esters is 1. The van der Waals surface area contributed by atoms with E-state index in [4.69, 9.17) is 5.73 Å². The maximum absolute atomic E-state index is 12.7. The third-order valence-electron chi connectivity index (χ3n) is 1.48. The summed E-state index contributed by atoms with van der Waals surface area (Å²) in [5, 5.41) is 0. The predicted octanol–water partition coefficient (Wildman–Crippen LogP) is 1.33. The smallest absolute Gasteiger partial charge is 0.338 e. The lowest BCUT2D eigenvalue weighted by atomic mass is 10.2. The number of carbonyl (C=O) groups excluding carboxylic acids is 1. The van der Waals surface area contributed by atoms with Crippen molar-refractivity contribution < 1.29 is 18.3 Å². The molecule has 70 valence electrons. The van der Waals surface area contributed by atoms with Crippen LogP contribution in [0.2, 0.25) is 0 Å². The first kappa shape index (κ1) is 9.44. The summed E-state index contributed by atoms with van der Waals surface area (Å²) >= 11 is 0. The number of hydrogen-bond donors (Lipinski definition) is 1. The number of ether oxygens (including phenoxy) is 1. The Morgan fingerprint density at radius 3 is 2.54 bits per heavy atom. The zero-order chi connectivity index (χ0) is 10.0. The van der Waals surface area contributed by atoms with Gasteiger partial charge in [0.15, 0.2) is 11.6 Å². The molecule has 0 amide bonds. The molecule has 0 fully saturated rings. The van der Waals surface area contributed by atoms with Crippen molar-refractivity contribution in [1.29, 1.82) is 0 Å². The topological polar surface area (TPSA) is 52.3 Å². The number of hydrogen-bond acceptors (Lipinski definition) is 3. The number of halogens is 2. The van der Waals surface area contributed by atoms with E-state index >= 15 is 0 Å². The molecule has 0 aliphatic carbocycles. The van der Waals surface area contributed by atoms with E-state index in [1.807, 2.05) is 0 Å². The van der Waals surface area contributed by atoms with E-state index in [1.54, 1.807) is 0 Å². The van der Waals surface area contributed by atoms with E-state index in [0.717, 1.165) is 19.2 Å². The van der Waals surface area contributed by atoms with Gasteiger partial charge in [-0.2, -0.15) is 0 Å². The lowest BCUT2D eigenvalue weighted by molar-refractivity contribution is 0.0600. The molecule has 1 aromatic rings. The van der Waals surface area contributed by atoms with Crippen molar-refractivity contribution in [3.05, 3.63) is 29.3 Å². The molecule has 0 atom stereocenters. The molecule has 0 bridgehead atoms. The van der Waals surface area contributed by atoms with Crippen molar-refractivity contribution in [1.82, 2.24) is 0 Å². The fourth-order valence-corrected chi connectivity index (χ4v) is 0.846. The van der Waals surface area contributed by atoms with Crippen LogP contribution in [0.1, 0.15) is 10.4 Å². The van der Waals surface area contributed by atoms with Crippen molar-refractivity contribution in [2.24, 2.45) is 0 Å². The second-order valence-electron chi connectivity index (χ2n) is 2.35. The second-order valence-corrected chi connectivity index (χ2v) is 2.35. The van der Waals surface area contributed by atoms with Gasteiger partial charge in [-0.3, -0.25) is 0 Å². The number of carbonyl (C=O) groups is 1. The summed E-state index contributed by atoms with van der Waals surface area (Å²) in [7, 11) is 1.14. The van der Waals surface area contributed by atoms with Crippen molar-refractivity contribution in [2.45, 2.75) is 0 Å². The van der Waals surface area contributed by atoms with Gasteiger partial charge in [0, 0.05) is 0 Å². The highest BCUT2D eigenvalue weighted by Crippen LogP contribution is 2.17. The van der Waals surface area contributed by atoms with Crippen molar-refractivity contribution in [3.63, 3.8) is 0 Å². The Bertz CT molecular complexity index is 329. The van der Waals surface area contributed by atoms with Crippen LogP contribution in [0.3, 0.4) is 0 Å². The normalized spacial score (nSPS) is 9.77. The molecule has 0 unspecified atom stereocenters. The quantitative estimate of drug-likeness (QED) is 0.533. The van der Waals surface area contributed by atoms with Crippen LogP contribution in [0.25, 0.3) is 0 Å². The molecule has 0 saturated carbocycles. The molecule has 0 aromatic heterocycles. The SMILES string of the molecule is COC(=O)c1cc(N)c(F)c(F)c1. The molecule has 1 rings (SSSR count). The van der Waals surface area contributed by atoms with Crippen LogP contribution < -0.4 is 5.73 Å². The Balaban J connectivity index is 3.20. The largest absolute Gasteiger partial charge is 0.465 e. The molecule has 0 aliphatic rings. The zero-order valence-corrected chi connectivity index (χ0v) is 6.80. The molecule has 0 aliphatic heterocycles. The molecular formula is C8H7F2NO2. The Kier molecular flexibility index (Phi) is 2.46. The monoisotopic (exact) mass is 187 g/mol. The van der Waals surface area contributed by atoms with Crippen molar-refractivity contribution >= 4 is 11.7 Å². The van der Waals surface area contributed by atoms with Gasteiger partial charge in [-0.25, -0.2) is 13.6 Å². The maximum atomic E-state index is 12.7. The van der Waals surface area contributed by atoms with Gasteiger partial charge in [-0.15, -0.1) is 0 Å². The lowest BCUT2D eigenvalue weighted by Crippen LogP contribution is -2.05. The van der Waals surface area contributed by atoms with Gasteiger partial charge in [0.05, 0.1) is 18.4 Å². The van der Waals surface area contributed by atoms with Crippen LogP contribution in [-0.4, -0.2) is 13.1 Å². The minimum absolute atomic E-state index is 0.112. The van der Waals surface area contributed by atoms with Gasteiger partial charge in [0.2, 0.25) is 0 Å². The van der Waals surface area contributed by atoms with Gasteiger partial charge < -0.3 is 10.5 Å². The number of benzene rings is 1. The Morgan fingerprint density at radius 1 is 1.46 bits per heavy atom. The molecule has 2 N–H and O–H groups in total. The molecule has 0 heterocycles. The number of methoxy groups -OCH3 is 1. The summed E-state index contributed by atoms with van der Waals surface area (Å²) in [5.74, 6) is -3.08. The summed E-state index contributed by atoms with van der Waals surface area (Å²) in [6, 6.07) is 1.75. The highest BCUT2D eigenvalue weighted by atomic mass is 19.2. The first-order valence-electron chi connectivity index (χ1n) is 3.39. The number of nitrogen functional groups attached to an aromatic ring is 1. The van der Waals surface area contributed by atoms with Crippen LogP contribution in [0, 0.1) is 11.6 Å². The molecule has 5 heteroatoms. The standard InChI is InChI=1S/C8H7F2NO2/c1-13-8(12)4-2-5(9)7(10)6(11)3-4/h2-3H,11H2,1H3. The minimum atomic E-state index is -1.17. The highest BCUT2D eigenvalue weighted by molar-refractivity contribution is 5.90. The number of nitrogens with two attached hydrogens (primary N) is 1. The van der Waals surface area contributed by atoms with E-state index in [9.17, 15) is 13.6 Å². The third kappa shape index (κ3) is 1.74. The highest BCUT2D eigenvalue weighted by Gasteiger charge is 2.12. The minimum Gasteiger partial charge on any atom is -0.465 e. The summed E-state index contributed by atoms with van der Waals surface area (Å²) in [6.45, 7) is 0. The molecular weight excluding hydrogens is 180 g/mol. The van der Waals surface area contributed by atoms with Crippen LogP contribution >= 0.6 is 0 Å². The molecule has 13 heavy (non-hydrogen) atoms. The predicted molar refractivity (Wildman–Crippen MR) is 42.1 cm³/mol. The maximum Gasteiger partial charge on any atom is 0.338 e. The summed E-state index contributed by atoms with van der Waals surface area (Å²) in [6.07, 6.45) is 0. The van der Waals surface area contributed by atoms with Crippen LogP contribution in [0.15, 0.2) is 12.1 Å². The van der Waals surface area contributed by atoms with Gasteiger partial charge in [-0.1, -0.05) is 0 Å². The first-order valence-corrected chi connectivity index (χ1v) is 3.39. The number of anilines is 1.